The average Bonchev–Trinajstić information content (AvgIpc) is 3.89. The molecule has 0 amide bonds. The van der Waals surface area contributed by atoms with E-state index in [-0.39, 0.29) is 43.0 Å². The van der Waals surface area contributed by atoms with Crippen LogP contribution in [0.2, 0.25) is 0 Å². The monoisotopic (exact) mass is 777 g/mol. The number of rotatable bonds is 12. The smallest absolute Gasteiger partial charge is 0.310 e. The number of nitrogens with zero attached hydrogens (tertiary/aromatic N) is 7. The number of aliphatic carboxylic acids is 1. The second-order valence-corrected chi connectivity index (χ2v) is 17.1. The molecule has 1 atom stereocenters. The summed E-state index contributed by atoms with van der Waals surface area (Å²) < 4.78 is 55.4. The number of benzene rings is 1. The number of hydrogen-bond donors (Lipinski definition) is 1. The Morgan fingerprint density at radius 2 is 1.76 bits per heavy atom. The molecule has 16 heteroatoms. The Balaban J connectivity index is 1.20. The number of sulfonamides is 1. The summed E-state index contributed by atoms with van der Waals surface area (Å²) in [5.74, 6) is -0.847. The lowest BCUT2D eigenvalue weighted by Gasteiger charge is -2.32. The number of ether oxygens (including phenoxy) is 4. The predicted molar refractivity (Wildman–Crippen MR) is 203 cm³/mol. The molecule has 3 aliphatic rings. The fourth-order valence-corrected chi connectivity index (χ4v) is 8.76. The van der Waals surface area contributed by atoms with E-state index < -0.39 is 27.3 Å². The second-order valence-electron chi connectivity index (χ2n) is 15.2. The third kappa shape index (κ3) is 8.63. The Labute approximate surface area is 322 Å². The van der Waals surface area contributed by atoms with E-state index in [2.05, 4.69) is 20.2 Å². The highest BCUT2D eigenvalue weighted by molar-refractivity contribution is 7.89. The van der Waals surface area contributed by atoms with Crippen molar-refractivity contribution in [1.29, 1.82) is 0 Å². The highest BCUT2D eigenvalue weighted by Gasteiger charge is 2.41. The molecule has 1 aromatic carbocycles. The van der Waals surface area contributed by atoms with Crippen molar-refractivity contribution < 1.29 is 37.3 Å². The summed E-state index contributed by atoms with van der Waals surface area (Å²) in [5.41, 5.74) is 3.77. The molecule has 1 saturated carbocycles. The number of pyridine rings is 2. The number of aromatic nitrogens is 5. The first-order chi connectivity index (χ1) is 26.4. The van der Waals surface area contributed by atoms with Crippen molar-refractivity contribution in [3.63, 3.8) is 0 Å². The summed E-state index contributed by atoms with van der Waals surface area (Å²) >= 11 is 0. The van der Waals surface area contributed by atoms with Crippen molar-refractivity contribution in [3.05, 3.63) is 64.5 Å². The van der Waals surface area contributed by atoms with Gasteiger partial charge in [0.25, 0.3) is 0 Å². The first-order valence-corrected chi connectivity index (χ1v) is 20.5. The van der Waals surface area contributed by atoms with Gasteiger partial charge < -0.3 is 24.1 Å². The number of aryl methyl sites for hydroxylation is 2. The van der Waals surface area contributed by atoms with E-state index in [1.165, 1.54) is 23.2 Å². The van der Waals surface area contributed by atoms with Crippen molar-refractivity contribution in [2.24, 2.45) is 11.3 Å². The zero-order valence-corrected chi connectivity index (χ0v) is 32.9. The lowest BCUT2D eigenvalue weighted by molar-refractivity contribution is -0.147. The van der Waals surface area contributed by atoms with Gasteiger partial charge in [0.15, 0.2) is 0 Å². The van der Waals surface area contributed by atoms with E-state index in [4.69, 9.17) is 23.9 Å². The summed E-state index contributed by atoms with van der Waals surface area (Å²) in [6.07, 6.45) is 2.81. The van der Waals surface area contributed by atoms with E-state index in [1.807, 2.05) is 42.8 Å². The number of morpholine rings is 1. The maximum absolute atomic E-state index is 14.5. The molecule has 0 bridgehead atoms. The van der Waals surface area contributed by atoms with Gasteiger partial charge in [-0.2, -0.15) is 9.29 Å². The Hall–Kier alpha value is -4.22. The fraction of sp³-hybridized carbons (Fsp3) is 0.564. The molecule has 0 radical (unpaired) electrons. The molecular formula is C39H51N7O8S. The standard InChI is InChI=1S/C39H51N7O8S/c1-26-6-10-30(35(39(3,4)38(47)48)29-9-11-32-36(27(29)2)42-43-46(32)24-28-7-8-28)40-31(26)25-45-14-5-18-51-22-23-54-37-33(55(45,49)50)12-13-34(41-37)53-21-17-44-15-19-52-20-16-44/h6,9-13,28,35H,5,7-8,14-25H2,1-4H3,(H,47,48)/t35-/m0/s1. The van der Waals surface area contributed by atoms with E-state index in [9.17, 15) is 18.3 Å². The molecule has 7 rings (SSSR count). The van der Waals surface area contributed by atoms with Crippen LogP contribution >= 0.6 is 0 Å². The molecule has 2 fully saturated rings. The summed E-state index contributed by atoms with van der Waals surface area (Å²) in [4.78, 5) is 24.6. The maximum Gasteiger partial charge on any atom is 0.310 e. The summed E-state index contributed by atoms with van der Waals surface area (Å²) in [6, 6.07) is 10.7. The van der Waals surface area contributed by atoms with E-state index in [1.54, 1.807) is 19.9 Å². The van der Waals surface area contributed by atoms with Gasteiger partial charge in [0.1, 0.15) is 23.6 Å². The Bertz CT molecular complexity index is 2110. The van der Waals surface area contributed by atoms with Gasteiger partial charge in [-0.1, -0.05) is 17.3 Å². The Morgan fingerprint density at radius 3 is 2.53 bits per heavy atom. The largest absolute Gasteiger partial charge is 0.481 e. The quantitative estimate of drug-likeness (QED) is 0.217. The predicted octanol–water partition coefficient (Wildman–Crippen LogP) is 4.19. The van der Waals surface area contributed by atoms with Gasteiger partial charge in [-0.25, -0.2) is 13.1 Å². The van der Waals surface area contributed by atoms with Crippen LogP contribution in [0, 0.1) is 25.2 Å². The molecule has 3 aromatic heterocycles. The van der Waals surface area contributed by atoms with Gasteiger partial charge in [-0.05, 0) is 87.8 Å². The molecule has 2 aliphatic heterocycles. The van der Waals surface area contributed by atoms with Gasteiger partial charge in [0.2, 0.25) is 21.8 Å². The first-order valence-electron chi connectivity index (χ1n) is 19.1. The molecule has 55 heavy (non-hydrogen) atoms. The molecule has 1 N–H and O–H groups in total. The lowest BCUT2D eigenvalue weighted by Crippen LogP contribution is -2.38. The molecule has 1 aliphatic carbocycles. The molecule has 15 nitrogen and oxygen atoms in total. The van der Waals surface area contributed by atoms with Crippen molar-refractivity contribution >= 4 is 27.0 Å². The fourth-order valence-electron chi connectivity index (χ4n) is 7.25. The molecule has 0 spiro atoms. The van der Waals surface area contributed by atoms with Crippen LogP contribution in [0.15, 0.2) is 41.3 Å². The topological polar surface area (TPSA) is 171 Å². The number of hydrogen-bond acceptors (Lipinski definition) is 12. The van der Waals surface area contributed by atoms with Crippen LogP contribution in [0.4, 0.5) is 0 Å². The van der Waals surface area contributed by atoms with E-state index >= 15 is 0 Å². The van der Waals surface area contributed by atoms with Crippen molar-refractivity contribution in [1.82, 2.24) is 34.2 Å². The molecule has 296 valence electrons. The van der Waals surface area contributed by atoms with Crippen LogP contribution in [0.1, 0.15) is 67.1 Å². The van der Waals surface area contributed by atoms with Gasteiger partial charge in [0, 0.05) is 57.0 Å². The van der Waals surface area contributed by atoms with Gasteiger partial charge in [0.05, 0.1) is 43.0 Å². The minimum Gasteiger partial charge on any atom is -0.481 e. The normalized spacial score (nSPS) is 19.3. The van der Waals surface area contributed by atoms with E-state index in [0.717, 1.165) is 47.4 Å². The number of carbonyl (C=O) groups is 1. The number of fused-ring (bicyclic) bond motifs is 2. The Kier molecular flexibility index (Phi) is 11.7. The highest BCUT2D eigenvalue weighted by Crippen LogP contribution is 2.43. The third-order valence-corrected chi connectivity index (χ3v) is 12.7. The van der Waals surface area contributed by atoms with Gasteiger partial charge in [-0.3, -0.25) is 14.7 Å². The van der Waals surface area contributed by atoms with Crippen molar-refractivity contribution in [3.8, 4) is 11.8 Å². The van der Waals surface area contributed by atoms with Crippen LogP contribution in [-0.2, 0) is 37.4 Å². The minimum absolute atomic E-state index is 0.0546. The minimum atomic E-state index is -4.17. The average molecular weight is 778 g/mol. The Morgan fingerprint density at radius 1 is 0.982 bits per heavy atom. The van der Waals surface area contributed by atoms with Gasteiger partial charge >= 0.3 is 5.97 Å². The summed E-state index contributed by atoms with van der Waals surface area (Å²) in [7, 11) is -4.17. The van der Waals surface area contributed by atoms with E-state index in [0.29, 0.717) is 56.7 Å². The highest BCUT2D eigenvalue weighted by atomic mass is 32.2. The van der Waals surface area contributed by atoms with Crippen LogP contribution < -0.4 is 9.47 Å². The zero-order chi connectivity index (χ0) is 38.7. The first kappa shape index (κ1) is 39.0. The SMILES string of the molecule is Cc1ccc([C@H](c2ccc3c(nnn3CC3CC3)c2C)C(C)(C)C(=O)O)nc1CN1CCCOCCOc2nc(OCCN3CCOCC3)ccc2S1(=O)=O. The summed E-state index contributed by atoms with van der Waals surface area (Å²) in [6.45, 7) is 12.9. The second kappa shape index (κ2) is 16.5. The molecule has 4 aromatic rings. The maximum atomic E-state index is 14.5. The molecule has 5 heterocycles. The van der Waals surface area contributed by atoms with Crippen LogP contribution in [0.3, 0.4) is 0 Å². The molecule has 0 unspecified atom stereocenters. The van der Waals surface area contributed by atoms with Crippen LogP contribution in [-0.4, -0.2) is 119 Å². The number of carboxylic acid groups (broad SMARTS) is 1. The third-order valence-electron chi connectivity index (χ3n) is 10.9. The lowest BCUT2D eigenvalue weighted by atomic mass is 9.71. The van der Waals surface area contributed by atoms with Crippen LogP contribution in [0.25, 0.3) is 11.0 Å². The van der Waals surface area contributed by atoms with Crippen molar-refractivity contribution in [2.75, 3.05) is 65.8 Å². The number of carboxylic acids is 1. The molecular weight excluding hydrogens is 727 g/mol. The van der Waals surface area contributed by atoms with Gasteiger partial charge in [-0.15, -0.1) is 5.10 Å². The molecule has 1 saturated heterocycles. The zero-order valence-electron chi connectivity index (χ0n) is 32.1. The van der Waals surface area contributed by atoms with Crippen molar-refractivity contribution in [2.45, 2.75) is 70.9 Å². The van der Waals surface area contributed by atoms with Crippen LogP contribution in [0.5, 0.6) is 11.8 Å². The summed E-state index contributed by atoms with van der Waals surface area (Å²) in [5, 5.41) is 19.5.